The van der Waals surface area contributed by atoms with E-state index in [2.05, 4.69) is 17.6 Å². The van der Waals surface area contributed by atoms with Gasteiger partial charge in [0.1, 0.15) is 0 Å². The normalized spacial score (nSPS) is 21.4. The summed E-state index contributed by atoms with van der Waals surface area (Å²) < 4.78 is 5.29. The molecule has 0 bridgehead atoms. The summed E-state index contributed by atoms with van der Waals surface area (Å²) in [5.41, 5.74) is 0. The van der Waals surface area contributed by atoms with Crippen LogP contribution in [-0.2, 0) is 9.53 Å². The molecule has 1 saturated heterocycles. The first-order valence-electron chi connectivity index (χ1n) is 6.40. The molecule has 1 aliphatic heterocycles. The highest BCUT2D eigenvalue weighted by molar-refractivity contribution is 5.76. The van der Waals surface area contributed by atoms with Crippen LogP contribution in [0.1, 0.15) is 39.0 Å². The zero-order chi connectivity index (χ0) is 11.6. The molecule has 0 radical (unpaired) electrons. The second kappa shape index (κ2) is 8.53. The number of ether oxygens (including phenoxy) is 1. The Balaban J connectivity index is 2.07. The van der Waals surface area contributed by atoms with Gasteiger partial charge in [0.15, 0.2) is 0 Å². The van der Waals surface area contributed by atoms with Crippen LogP contribution in [0.5, 0.6) is 0 Å². The second-order valence-electron chi connectivity index (χ2n) is 4.33. The number of amides is 1. The van der Waals surface area contributed by atoms with E-state index in [4.69, 9.17) is 4.74 Å². The lowest BCUT2D eigenvalue weighted by molar-refractivity contribution is -0.122. The van der Waals surface area contributed by atoms with Gasteiger partial charge >= 0.3 is 0 Å². The number of hydrogen-bond acceptors (Lipinski definition) is 3. The van der Waals surface area contributed by atoms with Gasteiger partial charge in [-0.05, 0) is 25.8 Å². The van der Waals surface area contributed by atoms with Crippen LogP contribution in [0, 0.1) is 0 Å². The molecule has 4 nitrogen and oxygen atoms in total. The molecule has 1 fully saturated rings. The number of nitrogens with one attached hydrogen (secondary N) is 2. The van der Waals surface area contributed by atoms with Crippen LogP contribution in [0.2, 0.25) is 0 Å². The number of carbonyl (C=O) groups is 1. The first-order valence-corrected chi connectivity index (χ1v) is 6.40. The van der Waals surface area contributed by atoms with Crippen molar-refractivity contribution in [2.75, 3.05) is 26.3 Å². The lowest BCUT2D eigenvalue weighted by Gasteiger charge is -2.16. The molecule has 4 heteroatoms. The smallest absolute Gasteiger partial charge is 0.222 e. The molecule has 94 valence electrons. The molecular weight excluding hydrogens is 204 g/mol. The van der Waals surface area contributed by atoms with Crippen molar-refractivity contribution in [1.29, 1.82) is 0 Å². The van der Waals surface area contributed by atoms with E-state index in [1.54, 1.807) is 0 Å². The molecule has 0 aromatic heterocycles. The van der Waals surface area contributed by atoms with Crippen LogP contribution in [0.25, 0.3) is 0 Å². The zero-order valence-electron chi connectivity index (χ0n) is 10.3. The van der Waals surface area contributed by atoms with Gasteiger partial charge in [0.05, 0.1) is 6.61 Å². The van der Waals surface area contributed by atoms with E-state index >= 15 is 0 Å². The Morgan fingerprint density at radius 1 is 1.44 bits per heavy atom. The fourth-order valence-electron chi connectivity index (χ4n) is 1.85. The summed E-state index contributed by atoms with van der Waals surface area (Å²) in [5.74, 6) is 0.116. The van der Waals surface area contributed by atoms with Gasteiger partial charge in [0.2, 0.25) is 5.91 Å². The van der Waals surface area contributed by atoms with E-state index in [1.165, 1.54) is 12.8 Å². The third kappa shape index (κ3) is 6.08. The molecular formula is C12H24N2O2. The largest absolute Gasteiger partial charge is 0.381 e. The fraction of sp³-hybridized carbons (Fsp3) is 0.917. The Morgan fingerprint density at radius 3 is 3.12 bits per heavy atom. The SMILES string of the molecule is CCCOCCC(=O)NC1CCCCNC1. The third-order valence-corrected chi connectivity index (χ3v) is 2.73. The molecule has 1 unspecified atom stereocenters. The molecule has 0 saturated carbocycles. The molecule has 0 aliphatic carbocycles. The van der Waals surface area contributed by atoms with Crippen molar-refractivity contribution in [3.8, 4) is 0 Å². The Kier molecular flexibility index (Phi) is 7.17. The van der Waals surface area contributed by atoms with Crippen LogP contribution in [0.3, 0.4) is 0 Å². The molecule has 16 heavy (non-hydrogen) atoms. The monoisotopic (exact) mass is 228 g/mol. The van der Waals surface area contributed by atoms with E-state index in [1.807, 2.05) is 0 Å². The van der Waals surface area contributed by atoms with Crippen LogP contribution >= 0.6 is 0 Å². The number of carbonyl (C=O) groups excluding carboxylic acids is 1. The van der Waals surface area contributed by atoms with Gasteiger partial charge in [0, 0.05) is 25.6 Å². The van der Waals surface area contributed by atoms with Gasteiger partial charge in [-0.2, -0.15) is 0 Å². The summed E-state index contributed by atoms with van der Waals surface area (Å²) in [6, 6.07) is 0.307. The van der Waals surface area contributed by atoms with Gasteiger partial charge in [-0.3, -0.25) is 4.79 Å². The van der Waals surface area contributed by atoms with Gasteiger partial charge in [-0.15, -0.1) is 0 Å². The summed E-state index contributed by atoms with van der Waals surface area (Å²) in [4.78, 5) is 11.6. The van der Waals surface area contributed by atoms with Crippen molar-refractivity contribution in [3.05, 3.63) is 0 Å². The van der Waals surface area contributed by atoms with Crippen LogP contribution in [0.4, 0.5) is 0 Å². The molecule has 0 aromatic carbocycles. The topological polar surface area (TPSA) is 50.4 Å². The Hall–Kier alpha value is -0.610. The van der Waals surface area contributed by atoms with Gasteiger partial charge < -0.3 is 15.4 Å². The zero-order valence-corrected chi connectivity index (χ0v) is 10.3. The molecule has 0 aromatic rings. The van der Waals surface area contributed by atoms with Crippen molar-refractivity contribution in [2.24, 2.45) is 0 Å². The standard InChI is InChI=1S/C12H24N2O2/c1-2-8-16-9-6-12(15)14-11-5-3-4-7-13-10-11/h11,13H,2-10H2,1H3,(H,14,15). The van der Waals surface area contributed by atoms with Crippen LogP contribution in [0.15, 0.2) is 0 Å². The second-order valence-corrected chi connectivity index (χ2v) is 4.33. The first-order chi connectivity index (χ1) is 7.83. The first kappa shape index (κ1) is 13.5. The van der Waals surface area contributed by atoms with Crippen LogP contribution < -0.4 is 10.6 Å². The Morgan fingerprint density at radius 2 is 2.31 bits per heavy atom. The average molecular weight is 228 g/mol. The van der Waals surface area contributed by atoms with Crippen molar-refractivity contribution in [1.82, 2.24) is 10.6 Å². The predicted octanol–water partition coefficient (Wildman–Crippen LogP) is 1.06. The summed E-state index contributed by atoms with van der Waals surface area (Å²) in [5, 5.41) is 6.39. The van der Waals surface area contributed by atoms with Crippen molar-refractivity contribution >= 4 is 5.91 Å². The lowest BCUT2D eigenvalue weighted by Crippen LogP contribution is -2.41. The highest BCUT2D eigenvalue weighted by Crippen LogP contribution is 2.04. The maximum atomic E-state index is 11.6. The van der Waals surface area contributed by atoms with Gasteiger partial charge in [-0.25, -0.2) is 0 Å². The highest BCUT2D eigenvalue weighted by atomic mass is 16.5. The minimum atomic E-state index is 0.116. The summed E-state index contributed by atoms with van der Waals surface area (Å²) >= 11 is 0. The quantitative estimate of drug-likeness (QED) is 0.668. The number of hydrogen-bond donors (Lipinski definition) is 2. The molecule has 1 rings (SSSR count). The summed E-state index contributed by atoms with van der Waals surface area (Å²) in [6.07, 6.45) is 5.00. The molecule has 1 aliphatic rings. The van der Waals surface area contributed by atoms with Gasteiger partial charge in [-0.1, -0.05) is 13.3 Å². The Bertz CT molecular complexity index is 189. The van der Waals surface area contributed by atoms with Crippen molar-refractivity contribution in [2.45, 2.75) is 45.1 Å². The summed E-state index contributed by atoms with van der Waals surface area (Å²) in [7, 11) is 0. The third-order valence-electron chi connectivity index (χ3n) is 2.73. The van der Waals surface area contributed by atoms with Crippen molar-refractivity contribution < 1.29 is 9.53 Å². The molecule has 0 spiro atoms. The van der Waals surface area contributed by atoms with E-state index in [0.717, 1.165) is 32.5 Å². The van der Waals surface area contributed by atoms with E-state index in [9.17, 15) is 4.79 Å². The number of rotatable bonds is 6. The molecule has 1 atom stereocenters. The maximum absolute atomic E-state index is 11.6. The summed E-state index contributed by atoms with van der Waals surface area (Å²) in [6.45, 7) is 5.34. The van der Waals surface area contributed by atoms with E-state index in [-0.39, 0.29) is 5.91 Å². The van der Waals surface area contributed by atoms with Gasteiger partial charge in [0.25, 0.3) is 0 Å². The lowest BCUT2D eigenvalue weighted by atomic mass is 10.1. The average Bonchev–Trinajstić information content (AvgIpc) is 2.53. The van der Waals surface area contributed by atoms with Crippen molar-refractivity contribution in [3.63, 3.8) is 0 Å². The van der Waals surface area contributed by atoms with Crippen LogP contribution in [-0.4, -0.2) is 38.3 Å². The van der Waals surface area contributed by atoms with E-state index in [0.29, 0.717) is 19.1 Å². The molecule has 1 heterocycles. The predicted molar refractivity (Wildman–Crippen MR) is 64.4 cm³/mol. The highest BCUT2D eigenvalue weighted by Gasteiger charge is 2.13. The van der Waals surface area contributed by atoms with E-state index < -0.39 is 0 Å². The fourth-order valence-corrected chi connectivity index (χ4v) is 1.85. The maximum Gasteiger partial charge on any atom is 0.222 e. The molecule has 2 N–H and O–H groups in total. The minimum Gasteiger partial charge on any atom is -0.381 e. The molecule has 1 amide bonds. The Labute approximate surface area is 98.1 Å². The minimum absolute atomic E-state index is 0.116.